The molecule has 0 spiro atoms. The molecule has 1 aromatic rings. The normalized spacial score (nSPS) is 19.9. The number of rotatable bonds is 5. The molecule has 0 bridgehead atoms. The first kappa shape index (κ1) is 14.9. The number of nitrogens with one attached hydrogen (secondary N) is 1. The fourth-order valence-corrected chi connectivity index (χ4v) is 2.93. The van der Waals surface area contributed by atoms with Crippen LogP contribution < -0.4 is 5.32 Å². The first-order chi connectivity index (χ1) is 9.69. The molecule has 1 saturated heterocycles. The fraction of sp³-hybridized carbons (Fsp3) is 0.733. The molecular weight excluding hydrogens is 250 g/mol. The van der Waals surface area contributed by atoms with Gasteiger partial charge in [-0.25, -0.2) is 4.98 Å². The second-order valence-electron chi connectivity index (χ2n) is 6.00. The lowest BCUT2D eigenvalue weighted by Gasteiger charge is -2.22. The van der Waals surface area contributed by atoms with Crippen molar-refractivity contribution in [2.45, 2.75) is 33.2 Å². The highest BCUT2D eigenvalue weighted by atomic mass is 15.3. The smallest absolute Gasteiger partial charge is 0.193 e. The Labute approximate surface area is 122 Å². The van der Waals surface area contributed by atoms with Crippen LogP contribution in [0.4, 0.5) is 0 Å². The van der Waals surface area contributed by atoms with E-state index >= 15 is 0 Å². The number of nitrogens with zero attached hydrogens (tertiary/aromatic N) is 4. The SMILES string of the molecule is CN=C(NCCn1ccnc1)N1CCC(CC(C)C)C1. The van der Waals surface area contributed by atoms with E-state index in [9.17, 15) is 0 Å². The summed E-state index contributed by atoms with van der Waals surface area (Å²) in [4.78, 5) is 10.8. The number of imidazole rings is 1. The molecule has 0 aromatic carbocycles. The second kappa shape index (κ2) is 7.31. The summed E-state index contributed by atoms with van der Waals surface area (Å²) in [7, 11) is 1.87. The van der Waals surface area contributed by atoms with Gasteiger partial charge in [0.2, 0.25) is 0 Å². The third-order valence-corrected chi connectivity index (χ3v) is 3.81. The quantitative estimate of drug-likeness (QED) is 0.660. The summed E-state index contributed by atoms with van der Waals surface area (Å²) in [6.07, 6.45) is 8.26. The summed E-state index contributed by atoms with van der Waals surface area (Å²) in [6, 6.07) is 0. The molecule has 0 radical (unpaired) electrons. The second-order valence-corrected chi connectivity index (χ2v) is 6.00. The van der Waals surface area contributed by atoms with E-state index in [2.05, 4.69) is 38.6 Å². The molecule has 1 unspecified atom stereocenters. The highest BCUT2D eigenvalue weighted by molar-refractivity contribution is 5.80. The van der Waals surface area contributed by atoms with Crippen LogP contribution >= 0.6 is 0 Å². The zero-order valence-electron chi connectivity index (χ0n) is 12.9. The molecule has 5 heteroatoms. The Bertz CT molecular complexity index is 410. The minimum atomic E-state index is 0.788. The van der Waals surface area contributed by atoms with E-state index in [1.54, 1.807) is 0 Å². The zero-order valence-corrected chi connectivity index (χ0v) is 12.9. The van der Waals surface area contributed by atoms with Crippen LogP contribution in [0.15, 0.2) is 23.7 Å². The molecule has 20 heavy (non-hydrogen) atoms. The fourth-order valence-electron chi connectivity index (χ4n) is 2.93. The Kier molecular flexibility index (Phi) is 5.44. The van der Waals surface area contributed by atoms with E-state index in [4.69, 9.17) is 0 Å². The van der Waals surface area contributed by atoms with E-state index in [-0.39, 0.29) is 0 Å². The lowest BCUT2D eigenvalue weighted by atomic mass is 9.97. The summed E-state index contributed by atoms with van der Waals surface area (Å²) in [5, 5.41) is 3.45. The van der Waals surface area contributed by atoms with E-state index in [0.29, 0.717) is 0 Å². The van der Waals surface area contributed by atoms with Crippen LogP contribution in [0.5, 0.6) is 0 Å². The highest BCUT2D eigenvalue weighted by Gasteiger charge is 2.25. The molecule has 1 atom stereocenters. The average Bonchev–Trinajstić information content (AvgIpc) is 3.05. The molecule has 2 rings (SSSR count). The van der Waals surface area contributed by atoms with Crippen molar-refractivity contribution >= 4 is 5.96 Å². The number of hydrogen-bond acceptors (Lipinski definition) is 2. The van der Waals surface area contributed by atoms with Gasteiger partial charge in [0, 0.05) is 45.6 Å². The Balaban J connectivity index is 1.75. The van der Waals surface area contributed by atoms with Gasteiger partial charge in [-0.1, -0.05) is 13.8 Å². The average molecular weight is 277 g/mol. The molecule has 1 aliphatic heterocycles. The molecule has 2 heterocycles. The third kappa shape index (κ3) is 4.25. The van der Waals surface area contributed by atoms with Crippen molar-refractivity contribution in [3.05, 3.63) is 18.7 Å². The molecule has 1 fully saturated rings. The maximum atomic E-state index is 4.41. The monoisotopic (exact) mass is 277 g/mol. The number of aromatic nitrogens is 2. The van der Waals surface area contributed by atoms with Gasteiger partial charge in [0.05, 0.1) is 6.33 Å². The van der Waals surface area contributed by atoms with Crippen LogP contribution in [0.2, 0.25) is 0 Å². The lowest BCUT2D eigenvalue weighted by molar-refractivity contribution is 0.403. The summed E-state index contributed by atoms with van der Waals surface area (Å²) in [6.45, 7) is 8.68. The van der Waals surface area contributed by atoms with Crippen LogP contribution in [0.25, 0.3) is 0 Å². The molecule has 1 aromatic heterocycles. The Morgan fingerprint density at radius 1 is 1.50 bits per heavy atom. The van der Waals surface area contributed by atoms with Gasteiger partial charge < -0.3 is 14.8 Å². The molecule has 0 saturated carbocycles. The predicted molar refractivity (Wildman–Crippen MR) is 82.7 cm³/mol. The van der Waals surface area contributed by atoms with Crippen LogP contribution in [-0.4, -0.2) is 47.1 Å². The van der Waals surface area contributed by atoms with Crippen LogP contribution in [0.1, 0.15) is 26.7 Å². The zero-order chi connectivity index (χ0) is 14.4. The van der Waals surface area contributed by atoms with E-state index < -0.39 is 0 Å². The molecule has 0 aliphatic carbocycles. The highest BCUT2D eigenvalue weighted by Crippen LogP contribution is 2.23. The van der Waals surface area contributed by atoms with Crippen LogP contribution in [0.3, 0.4) is 0 Å². The van der Waals surface area contributed by atoms with Crippen molar-refractivity contribution in [1.29, 1.82) is 0 Å². The molecular formula is C15H27N5. The van der Waals surface area contributed by atoms with Crippen molar-refractivity contribution in [2.75, 3.05) is 26.7 Å². The van der Waals surface area contributed by atoms with Gasteiger partial charge in [-0.15, -0.1) is 0 Å². The minimum absolute atomic E-state index is 0.788. The van der Waals surface area contributed by atoms with E-state index in [1.807, 2.05) is 25.8 Å². The largest absolute Gasteiger partial charge is 0.354 e. The Hall–Kier alpha value is -1.52. The third-order valence-electron chi connectivity index (χ3n) is 3.81. The Morgan fingerprint density at radius 3 is 3.00 bits per heavy atom. The molecule has 1 N–H and O–H groups in total. The summed E-state index contributed by atoms with van der Waals surface area (Å²) in [5.74, 6) is 2.65. The summed E-state index contributed by atoms with van der Waals surface area (Å²) >= 11 is 0. The first-order valence-corrected chi connectivity index (χ1v) is 7.60. The van der Waals surface area contributed by atoms with Crippen LogP contribution in [-0.2, 0) is 6.54 Å². The predicted octanol–water partition coefficient (Wildman–Crippen LogP) is 1.83. The number of guanidine groups is 1. The van der Waals surface area contributed by atoms with Gasteiger partial charge in [-0.3, -0.25) is 4.99 Å². The standard InChI is InChI=1S/C15H27N5/c1-13(2)10-14-4-7-20(11-14)15(16-3)18-6-9-19-8-5-17-12-19/h5,8,12-14H,4,6-7,9-11H2,1-3H3,(H,16,18). The van der Waals surface area contributed by atoms with Crippen molar-refractivity contribution < 1.29 is 0 Å². The minimum Gasteiger partial charge on any atom is -0.354 e. The lowest BCUT2D eigenvalue weighted by Crippen LogP contribution is -2.41. The van der Waals surface area contributed by atoms with Crippen LogP contribution in [0, 0.1) is 11.8 Å². The van der Waals surface area contributed by atoms with Gasteiger partial charge in [0.1, 0.15) is 0 Å². The molecule has 5 nitrogen and oxygen atoms in total. The molecule has 1 aliphatic rings. The van der Waals surface area contributed by atoms with Gasteiger partial charge >= 0.3 is 0 Å². The maximum Gasteiger partial charge on any atom is 0.193 e. The topological polar surface area (TPSA) is 45.5 Å². The Morgan fingerprint density at radius 2 is 2.35 bits per heavy atom. The van der Waals surface area contributed by atoms with Crippen molar-refractivity contribution in [2.24, 2.45) is 16.8 Å². The van der Waals surface area contributed by atoms with E-state index in [1.165, 1.54) is 12.8 Å². The maximum absolute atomic E-state index is 4.41. The number of likely N-dealkylation sites (tertiary alicyclic amines) is 1. The summed E-state index contributed by atoms with van der Waals surface area (Å²) < 4.78 is 2.08. The summed E-state index contributed by atoms with van der Waals surface area (Å²) in [5.41, 5.74) is 0. The van der Waals surface area contributed by atoms with Crippen molar-refractivity contribution in [3.8, 4) is 0 Å². The van der Waals surface area contributed by atoms with Gasteiger partial charge in [0.25, 0.3) is 0 Å². The number of aliphatic imine (C=N–C) groups is 1. The van der Waals surface area contributed by atoms with E-state index in [0.717, 1.165) is 44.0 Å². The first-order valence-electron chi connectivity index (χ1n) is 7.60. The van der Waals surface area contributed by atoms with Gasteiger partial charge in [-0.05, 0) is 24.7 Å². The van der Waals surface area contributed by atoms with Gasteiger partial charge in [0.15, 0.2) is 5.96 Å². The number of hydrogen-bond donors (Lipinski definition) is 1. The molecule has 0 amide bonds. The van der Waals surface area contributed by atoms with Crippen molar-refractivity contribution in [1.82, 2.24) is 19.8 Å². The molecule has 112 valence electrons. The van der Waals surface area contributed by atoms with Gasteiger partial charge in [-0.2, -0.15) is 0 Å². The van der Waals surface area contributed by atoms with Crippen molar-refractivity contribution in [3.63, 3.8) is 0 Å².